The topological polar surface area (TPSA) is 145 Å². The molecule has 1 aliphatic rings. The quantitative estimate of drug-likeness (QED) is 0.247. The van der Waals surface area contributed by atoms with Crippen molar-refractivity contribution in [1.82, 2.24) is 14.5 Å². The van der Waals surface area contributed by atoms with Crippen molar-refractivity contribution in [3.05, 3.63) is 80.8 Å². The number of aromatic nitrogens is 3. The molecule has 0 amide bonds. The molecule has 42 heavy (non-hydrogen) atoms. The van der Waals surface area contributed by atoms with Crippen LogP contribution in [0, 0.1) is 11.8 Å². The highest BCUT2D eigenvalue weighted by atomic mass is 16.5. The van der Waals surface area contributed by atoms with E-state index in [1.54, 1.807) is 45.7 Å². The Hall–Kier alpha value is -5.04. The SMILES string of the molecule is CCOC(=O)c1cn(C2CCCC2)c2cc(C#Cc3cc(Cc4cnc(N)nc4N)cc(OC)c3OC)ccc2c1=O. The number of rotatable bonds is 7. The Morgan fingerprint density at radius 3 is 2.57 bits per heavy atom. The second-order valence-electron chi connectivity index (χ2n) is 10.1. The fourth-order valence-electron chi connectivity index (χ4n) is 5.41. The van der Waals surface area contributed by atoms with Gasteiger partial charge in [-0.1, -0.05) is 24.7 Å². The van der Waals surface area contributed by atoms with Crippen LogP contribution < -0.4 is 26.4 Å². The van der Waals surface area contributed by atoms with E-state index in [1.165, 1.54) is 0 Å². The lowest BCUT2D eigenvalue weighted by atomic mass is 10.0. The molecular formula is C32H33N5O5. The van der Waals surface area contributed by atoms with Crippen molar-refractivity contribution in [3.63, 3.8) is 0 Å². The third-order valence-electron chi connectivity index (χ3n) is 7.44. The van der Waals surface area contributed by atoms with Crippen LogP contribution in [0.25, 0.3) is 10.9 Å². The van der Waals surface area contributed by atoms with Crippen LogP contribution in [0.15, 0.2) is 47.5 Å². The molecule has 10 heteroatoms. The second kappa shape index (κ2) is 12.2. The summed E-state index contributed by atoms with van der Waals surface area (Å²) in [6, 6.07) is 9.37. The van der Waals surface area contributed by atoms with Crippen LogP contribution in [0.3, 0.4) is 0 Å². The summed E-state index contributed by atoms with van der Waals surface area (Å²) in [7, 11) is 3.13. The van der Waals surface area contributed by atoms with E-state index in [-0.39, 0.29) is 29.6 Å². The number of esters is 1. The van der Waals surface area contributed by atoms with Gasteiger partial charge in [0.2, 0.25) is 11.4 Å². The van der Waals surface area contributed by atoms with Crippen LogP contribution in [0.5, 0.6) is 11.5 Å². The zero-order valence-corrected chi connectivity index (χ0v) is 23.9. The number of hydrogen-bond donors (Lipinski definition) is 2. The standard InChI is InChI=1S/C32H33N5O5/c1-4-42-31(39)25-18-37(23-7-5-6-8-23)26-15-19(10-12-24(26)28(25)38)9-11-21-13-20(16-27(40-2)29(21)41-3)14-22-17-35-32(34)36-30(22)33/h10,12-13,15-18,23H,4-8,14H2,1-3H3,(H4,33,34,35,36). The summed E-state index contributed by atoms with van der Waals surface area (Å²) in [5.74, 6) is 7.28. The maximum atomic E-state index is 13.3. The van der Waals surface area contributed by atoms with E-state index in [1.807, 2.05) is 22.8 Å². The molecule has 1 fully saturated rings. The third-order valence-corrected chi connectivity index (χ3v) is 7.44. The van der Waals surface area contributed by atoms with Crippen molar-refractivity contribution in [2.24, 2.45) is 0 Å². The Labute approximate surface area is 243 Å². The molecule has 216 valence electrons. The van der Waals surface area contributed by atoms with Gasteiger partial charge >= 0.3 is 5.97 Å². The summed E-state index contributed by atoms with van der Waals surface area (Å²) < 4.78 is 18.5. The zero-order valence-electron chi connectivity index (χ0n) is 23.9. The van der Waals surface area contributed by atoms with Gasteiger partial charge in [0.05, 0.1) is 31.9 Å². The average Bonchev–Trinajstić information content (AvgIpc) is 3.52. The number of carbonyl (C=O) groups is 1. The van der Waals surface area contributed by atoms with Crippen LogP contribution in [0.4, 0.5) is 11.8 Å². The number of hydrogen-bond acceptors (Lipinski definition) is 9. The molecule has 0 unspecified atom stereocenters. The highest BCUT2D eigenvalue weighted by molar-refractivity contribution is 5.94. The zero-order chi connectivity index (χ0) is 29.8. The lowest BCUT2D eigenvalue weighted by molar-refractivity contribution is 0.0524. The number of ether oxygens (including phenoxy) is 3. The largest absolute Gasteiger partial charge is 0.493 e. The number of benzene rings is 2. The summed E-state index contributed by atoms with van der Waals surface area (Å²) in [4.78, 5) is 34.0. The number of pyridine rings is 1. The monoisotopic (exact) mass is 567 g/mol. The van der Waals surface area contributed by atoms with Crippen LogP contribution in [-0.2, 0) is 11.2 Å². The van der Waals surface area contributed by atoms with Gasteiger partial charge in [0.15, 0.2) is 11.5 Å². The van der Waals surface area contributed by atoms with Crippen LogP contribution in [0.2, 0.25) is 0 Å². The predicted molar refractivity (Wildman–Crippen MR) is 161 cm³/mol. The molecule has 0 spiro atoms. The number of carbonyl (C=O) groups excluding carboxylic acids is 1. The number of fused-ring (bicyclic) bond motifs is 1. The Balaban J connectivity index is 1.58. The number of nitrogens with zero attached hydrogens (tertiary/aromatic N) is 3. The lowest BCUT2D eigenvalue weighted by Gasteiger charge is -2.19. The van der Waals surface area contributed by atoms with Crippen LogP contribution >= 0.6 is 0 Å². The first-order chi connectivity index (χ1) is 20.3. The molecule has 0 bridgehead atoms. The minimum Gasteiger partial charge on any atom is -0.493 e. The maximum Gasteiger partial charge on any atom is 0.343 e. The van der Waals surface area contributed by atoms with Crippen molar-refractivity contribution >= 4 is 28.6 Å². The smallest absolute Gasteiger partial charge is 0.343 e. The molecule has 0 radical (unpaired) electrons. The summed E-state index contributed by atoms with van der Waals surface area (Å²) in [6.45, 7) is 1.92. The van der Waals surface area contributed by atoms with Crippen molar-refractivity contribution in [2.45, 2.75) is 45.1 Å². The van der Waals surface area contributed by atoms with Gasteiger partial charge in [-0.15, -0.1) is 0 Å². The third kappa shape index (κ3) is 5.72. The van der Waals surface area contributed by atoms with Crippen molar-refractivity contribution in [3.8, 4) is 23.3 Å². The molecule has 2 heterocycles. The van der Waals surface area contributed by atoms with Gasteiger partial charge in [-0.2, -0.15) is 4.98 Å². The summed E-state index contributed by atoms with van der Waals surface area (Å²) in [5, 5.41) is 0.461. The van der Waals surface area contributed by atoms with Gasteiger partial charge in [-0.3, -0.25) is 4.79 Å². The lowest BCUT2D eigenvalue weighted by Crippen LogP contribution is -2.22. The highest BCUT2D eigenvalue weighted by Gasteiger charge is 2.23. The maximum absolute atomic E-state index is 13.3. The van der Waals surface area contributed by atoms with Crippen molar-refractivity contribution in [1.29, 1.82) is 0 Å². The summed E-state index contributed by atoms with van der Waals surface area (Å²) in [5.41, 5.74) is 15.1. The molecule has 2 aromatic heterocycles. The van der Waals surface area contributed by atoms with Gasteiger partial charge in [0.25, 0.3) is 0 Å². The first-order valence-electron chi connectivity index (χ1n) is 13.8. The first-order valence-corrected chi connectivity index (χ1v) is 13.8. The minimum atomic E-state index is -0.603. The highest BCUT2D eigenvalue weighted by Crippen LogP contribution is 2.34. The molecule has 0 atom stereocenters. The van der Waals surface area contributed by atoms with Gasteiger partial charge in [-0.05, 0) is 55.7 Å². The van der Waals surface area contributed by atoms with E-state index in [9.17, 15) is 9.59 Å². The average molecular weight is 568 g/mol. The number of anilines is 2. The van der Waals surface area contributed by atoms with Crippen LogP contribution in [-0.4, -0.2) is 41.3 Å². The Kier molecular flexibility index (Phi) is 8.29. The van der Waals surface area contributed by atoms with Gasteiger partial charge in [-0.25, -0.2) is 9.78 Å². The summed E-state index contributed by atoms with van der Waals surface area (Å²) >= 11 is 0. The molecular weight excluding hydrogens is 534 g/mol. The number of methoxy groups -OCH3 is 2. The van der Waals surface area contributed by atoms with E-state index >= 15 is 0 Å². The molecule has 1 saturated carbocycles. The molecule has 4 N–H and O–H groups in total. The number of nitrogen functional groups attached to an aromatic ring is 2. The Bertz CT molecular complexity index is 1780. The van der Waals surface area contributed by atoms with E-state index < -0.39 is 5.97 Å². The Morgan fingerprint density at radius 1 is 1.10 bits per heavy atom. The molecule has 0 aliphatic heterocycles. The van der Waals surface area contributed by atoms with Crippen molar-refractivity contribution in [2.75, 3.05) is 32.3 Å². The molecule has 2 aromatic carbocycles. The van der Waals surface area contributed by atoms with Gasteiger partial charge in [0, 0.05) is 41.4 Å². The molecule has 5 rings (SSSR count). The van der Waals surface area contributed by atoms with Gasteiger partial charge < -0.3 is 30.2 Å². The second-order valence-corrected chi connectivity index (χ2v) is 10.1. The predicted octanol–water partition coefficient (Wildman–Crippen LogP) is 4.26. The van der Waals surface area contributed by atoms with E-state index in [2.05, 4.69) is 21.8 Å². The normalized spacial score (nSPS) is 13.0. The fraction of sp³-hybridized carbons (Fsp3) is 0.312. The minimum absolute atomic E-state index is 0.0517. The van der Waals surface area contributed by atoms with Gasteiger partial charge in [0.1, 0.15) is 11.4 Å². The Morgan fingerprint density at radius 2 is 1.88 bits per heavy atom. The van der Waals surface area contributed by atoms with Crippen molar-refractivity contribution < 1.29 is 19.0 Å². The van der Waals surface area contributed by atoms with Crippen LogP contribution in [0.1, 0.15) is 71.3 Å². The first kappa shape index (κ1) is 28.5. The molecule has 1 aliphatic carbocycles. The fourth-order valence-corrected chi connectivity index (χ4v) is 5.41. The van der Waals surface area contributed by atoms with E-state index in [4.69, 9.17) is 25.7 Å². The molecule has 0 saturated heterocycles. The summed E-state index contributed by atoms with van der Waals surface area (Å²) in [6.07, 6.45) is 7.84. The van der Waals surface area contributed by atoms with E-state index in [0.29, 0.717) is 40.3 Å². The van der Waals surface area contributed by atoms with E-state index in [0.717, 1.165) is 42.3 Å². The number of nitrogens with two attached hydrogens (primary N) is 2. The molecule has 10 nitrogen and oxygen atoms in total. The molecule has 4 aromatic rings.